The fraction of sp³-hybridized carbons (Fsp3) is 0.409. The molecular weight excluding hydrogens is 370 g/mol. The zero-order valence-electron chi connectivity index (χ0n) is 16.3. The average Bonchev–Trinajstić information content (AvgIpc) is 3.33. The van der Waals surface area contributed by atoms with Crippen LogP contribution in [-0.2, 0) is 4.79 Å². The average molecular weight is 395 g/mol. The number of carbonyl (C=O) groups is 3. The molecule has 1 aromatic heterocycles. The molecule has 29 heavy (non-hydrogen) atoms. The summed E-state index contributed by atoms with van der Waals surface area (Å²) in [4.78, 5) is 43.5. The summed E-state index contributed by atoms with van der Waals surface area (Å²) >= 11 is 0. The molecule has 0 radical (unpaired) electrons. The standard InChI is InChI=1S/C22H25N3O4/c26-20(17-6-2-1-3-7-17)23-11-13-24(14-12-23)21(27)18-8-4-10-25(16-18)22(28)19-9-5-15-29-19/h1-3,5-7,9,15,18H,4,8,10-14,16H2. The van der Waals surface area contributed by atoms with Crippen molar-refractivity contribution in [2.75, 3.05) is 39.3 Å². The van der Waals surface area contributed by atoms with E-state index < -0.39 is 0 Å². The number of piperidine rings is 1. The zero-order chi connectivity index (χ0) is 20.2. The van der Waals surface area contributed by atoms with Crippen molar-refractivity contribution in [2.45, 2.75) is 12.8 Å². The van der Waals surface area contributed by atoms with E-state index >= 15 is 0 Å². The van der Waals surface area contributed by atoms with Gasteiger partial charge < -0.3 is 19.1 Å². The maximum absolute atomic E-state index is 13.0. The molecule has 2 aliphatic rings. The number of benzene rings is 1. The summed E-state index contributed by atoms with van der Waals surface area (Å²) < 4.78 is 5.21. The molecule has 1 aromatic carbocycles. The Hall–Kier alpha value is -3.09. The molecule has 2 aromatic rings. The number of amides is 3. The molecule has 0 saturated carbocycles. The predicted octanol–water partition coefficient (Wildman–Crippen LogP) is 2.12. The monoisotopic (exact) mass is 395 g/mol. The van der Waals surface area contributed by atoms with Crippen LogP contribution in [0, 0.1) is 5.92 Å². The van der Waals surface area contributed by atoms with Crippen LogP contribution in [0.15, 0.2) is 53.1 Å². The van der Waals surface area contributed by atoms with E-state index in [2.05, 4.69) is 0 Å². The molecule has 2 saturated heterocycles. The highest BCUT2D eigenvalue weighted by molar-refractivity contribution is 5.94. The molecule has 0 spiro atoms. The van der Waals surface area contributed by atoms with Crippen molar-refractivity contribution in [3.63, 3.8) is 0 Å². The van der Waals surface area contributed by atoms with Crippen LogP contribution in [0.25, 0.3) is 0 Å². The predicted molar refractivity (Wildman–Crippen MR) is 106 cm³/mol. The van der Waals surface area contributed by atoms with E-state index in [0.717, 1.165) is 12.8 Å². The van der Waals surface area contributed by atoms with Crippen molar-refractivity contribution in [1.82, 2.24) is 14.7 Å². The maximum Gasteiger partial charge on any atom is 0.289 e. The summed E-state index contributed by atoms with van der Waals surface area (Å²) in [6, 6.07) is 12.6. The fourth-order valence-corrected chi connectivity index (χ4v) is 4.07. The molecule has 0 aliphatic carbocycles. The number of furan rings is 1. The number of piperazine rings is 1. The van der Waals surface area contributed by atoms with E-state index in [0.29, 0.717) is 50.6 Å². The van der Waals surface area contributed by atoms with Gasteiger partial charge in [-0.25, -0.2) is 0 Å². The molecule has 4 rings (SSSR count). The Morgan fingerprint density at radius 3 is 2.21 bits per heavy atom. The lowest BCUT2D eigenvalue weighted by Crippen LogP contribution is -2.54. The van der Waals surface area contributed by atoms with Crippen LogP contribution < -0.4 is 0 Å². The maximum atomic E-state index is 13.0. The van der Waals surface area contributed by atoms with E-state index in [4.69, 9.17) is 4.42 Å². The Balaban J connectivity index is 1.32. The number of carbonyl (C=O) groups excluding carboxylic acids is 3. The van der Waals surface area contributed by atoms with Gasteiger partial charge in [0.2, 0.25) is 5.91 Å². The zero-order valence-corrected chi connectivity index (χ0v) is 16.3. The van der Waals surface area contributed by atoms with Gasteiger partial charge in [-0.1, -0.05) is 18.2 Å². The second-order valence-electron chi connectivity index (χ2n) is 7.55. The van der Waals surface area contributed by atoms with E-state index in [-0.39, 0.29) is 23.6 Å². The summed E-state index contributed by atoms with van der Waals surface area (Å²) in [6.07, 6.45) is 3.06. The van der Waals surface area contributed by atoms with Gasteiger partial charge in [0.15, 0.2) is 5.76 Å². The minimum absolute atomic E-state index is 0.00517. The molecule has 152 valence electrons. The van der Waals surface area contributed by atoms with Gasteiger partial charge in [-0.2, -0.15) is 0 Å². The van der Waals surface area contributed by atoms with Gasteiger partial charge in [0.25, 0.3) is 11.8 Å². The summed E-state index contributed by atoms with van der Waals surface area (Å²) in [7, 11) is 0. The fourth-order valence-electron chi connectivity index (χ4n) is 4.07. The van der Waals surface area contributed by atoms with Gasteiger partial charge in [0, 0.05) is 44.8 Å². The van der Waals surface area contributed by atoms with Crippen molar-refractivity contribution < 1.29 is 18.8 Å². The van der Waals surface area contributed by atoms with E-state index in [1.54, 1.807) is 21.9 Å². The van der Waals surface area contributed by atoms with Crippen LogP contribution in [0.2, 0.25) is 0 Å². The summed E-state index contributed by atoms with van der Waals surface area (Å²) in [5, 5.41) is 0. The van der Waals surface area contributed by atoms with Gasteiger partial charge >= 0.3 is 0 Å². The number of likely N-dealkylation sites (tertiary alicyclic amines) is 1. The highest BCUT2D eigenvalue weighted by Gasteiger charge is 2.34. The van der Waals surface area contributed by atoms with Gasteiger partial charge in [-0.3, -0.25) is 14.4 Å². The molecule has 7 nitrogen and oxygen atoms in total. The van der Waals surface area contributed by atoms with Crippen LogP contribution in [0.3, 0.4) is 0 Å². The number of hydrogen-bond acceptors (Lipinski definition) is 4. The third kappa shape index (κ3) is 4.18. The Labute approximate surface area is 169 Å². The number of rotatable bonds is 3. The number of hydrogen-bond donors (Lipinski definition) is 0. The van der Waals surface area contributed by atoms with Crippen molar-refractivity contribution in [2.24, 2.45) is 5.92 Å². The van der Waals surface area contributed by atoms with Gasteiger partial charge in [0.05, 0.1) is 12.2 Å². The van der Waals surface area contributed by atoms with Crippen LogP contribution >= 0.6 is 0 Å². The lowest BCUT2D eigenvalue weighted by atomic mass is 9.96. The molecule has 3 amide bonds. The first-order valence-corrected chi connectivity index (χ1v) is 10.1. The Kier molecular flexibility index (Phi) is 5.64. The highest BCUT2D eigenvalue weighted by atomic mass is 16.3. The van der Waals surface area contributed by atoms with Crippen molar-refractivity contribution in [1.29, 1.82) is 0 Å². The first kappa shape index (κ1) is 19.2. The summed E-state index contributed by atoms with van der Waals surface area (Å²) in [5.41, 5.74) is 0.673. The minimum Gasteiger partial charge on any atom is -0.459 e. The molecule has 0 bridgehead atoms. The van der Waals surface area contributed by atoms with Gasteiger partial charge in [-0.15, -0.1) is 0 Å². The quantitative estimate of drug-likeness (QED) is 0.798. The van der Waals surface area contributed by atoms with E-state index in [1.165, 1.54) is 6.26 Å². The Morgan fingerprint density at radius 1 is 0.793 bits per heavy atom. The normalized spacial score (nSPS) is 19.9. The lowest BCUT2D eigenvalue weighted by Gasteiger charge is -2.39. The van der Waals surface area contributed by atoms with Crippen LogP contribution in [0.1, 0.15) is 33.8 Å². The second-order valence-corrected chi connectivity index (χ2v) is 7.55. The molecule has 2 aliphatic heterocycles. The Morgan fingerprint density at radius 2 is 1.52 bits per heavy atom. The SMILES string of the molecule is O=C(c1ccccc1)N1CCN(C(=O)C2CCCN(C(=O)c3ccco3)C2)CC1. The first-order valence-electron chi connectivity index (χ1n) is 10.1. The Bertz CT molecular complexity index is 857. The summed E-state index contributed by atoms with van der Waals surface area (Å²) in [5.74, 6) is 0.0373. The molecule has 3 heterocycles. The van der Waals surface area contributed by atoms with Crippen molar-refractivity contribution in [3.8, 4) is 0 Å². The smallest absolute Gasteiger partial charge is 0.289 e. The number of nitrogens with zero attached hydrogens (tertiary/aromatic N) is 3. The molecule has 1 atom stereocenters. The van der Waals surface area contributed by atoms with Crippen LogP contribution in [0.4, 0.5) is 0 Å². The van der Waals surface area contributed by atoms with Crippen molar-refractivity contribution >= 4 is 17.7 Å². The van der Waals surface area contributed by atoms with Crippen LogP contribution in [0.5, 0.6) is 0 Å². The van der Waals surface area contributed by atoms with E-state index in [1.807, 2.05) is 35.2 Å². The third-order valence-electron chi connectivity index (χ3n) is 5.69. The first-order chi connectivity index (χ1) is 14.1. The minimum atomic E-state index is -0.195. The lowest BCUT2D eigenvalue weighted by molar-refractivity contribution is -0.138. The summed E-state index contributed by atoms with van der Waals surface area (Å²) in [6.45, 7) is 3.17. The van der Waals surface area contributed by atoms with Gasteiger partial charge in [0.1, 0.15) is 0 Å². The van der Waals surface area contributed by atoms with E-state index in [9.17, 15) is 14.4 Å². The van der Waals surface area contributed by atoms with Gasteiger partial charge in [-0.05, 0) is 37.1 Å². The molecule has 2 fully saturated rings. The molecule has 0 N–H and O–H groups in total. The molecular formula is C22H25N3O4. The van der Waals surface area contributed by atoms with Crippen LogP contribution in [-0.4, -0.2) is 71.7 Å². The highest BCUT2D eigenvalue weighted by Crippen LogP contribution is 2.22. The molecule has 1 unspecified atom stereocenters. The molecule has 7 heteroatoms. The second kappa shape index (κ2) is 8.51. The largest absolute Gasteiger partial charge is 0.459 e. The van der Waals surface area contributed by atoms with Crippen molar-refractivity contribution in [3.05, 3.63) is 60.1 Å². The topological polar surface area (TPSA) is 74.1 Å². The third-order valence-corrected chi connectivity index (χ3v) is 5.69.